The van der Waals surface area contributed by atoms with Crippen molar-refractivity contribution >= 4 is 57.3 Å². The molecule has 2 saturated heterocycles. The van der Waals surface area contributed by atoms with Gasteiger partial charge in [-0.25, -0.2) is 4.79 Å². The quantitative estimate of drug-likeness (QED) is 0.291. The Hall–Kier alpha value is -1.83. The van der Waals surface area contributed by atoms with Crippen molar-refractivity contribution in [1.82, 2.24) is 9.80 Å². The van der Waals surface area contributed by atoms with Crippen LogP contribution in [0.4, 0.5) is 4.79 Å². The number of fused-ring (bicyclic) bond motifs is 1. The van der Waals surface area contributed by atoms with Gasteiger partial charge in [-0.2, -0.15) is 0 Å². The minimum absolute atomic E-state index is 0.266. The second-order valence-corrected chi connectivity index (χ2v) is 12.3. The fraction of sp³-hybridized carbons (Fsp3) is 0.552. The first-order valence-electron chi connectivity index (χ1n) is 13.3. The van der Waals surface area contributed by atoms with Crippen LogP contribution in [0.5, 0.6) is 0 Å². The molecule has 0 spiro atoms. The summed E-state index contributed by atoms with van der Waals surface area (Å²) in [6, 6.07) is 3.79. The molecule has 2 fully saturated rings. The molecule has 2 heterocycles. The fourth-order valence-electron chi connectivity index (χ4n) is 5.78. The number of carbonyl (C=O) groups is 2. The molecule has 2 N–H and O–H groups in total. The van der Waals surface area contributed by atoms with Crippen LogP contribution < -0.4 is 5.73 Å². The highest BCUT2D eigenvalue weighted by molar-refractivity contribution is 9.10. The predicted molar refractivity (Wildman–Crippen MR) is 161 cm³/mol. The summed E-state index contributed by atoms with van der Waals surface area (Å²) in [5, 5.41) is 1.26. The molecule has 1 unspecified atom stereocenters. The van der Waals surface area contributed by atoms with E-state index in [1.54, 1.807) is 11.9 Å². The number of piperidine rings is 2. The molecule has 208 valence electrons. The number of rotatable bonds is 4. The van der Waals surface area contributed by atoms with Crippen molar-refractivity contribution in [2.45, 2.75) is 57.8 Å². The number of allylic oxidation sites excluding steroid dienone is 3. The first kappa shape index (κ1) is 30.7. The van der Waals surface area contributed by atoms with E-state index in [2.05, 4.69) is 51.5 Å². The topological polar surface area (TPSA) is 79.0 Å². The zero-order valence-corrected chi connectivity index (χ0v) is 25.5. The van der Waals surface area contributed by atoms with Gasteiger partial charge in [0, 0.05) is 61.3 Å². The van der Waals surface area contributed by atoms with Crippen molar-refractivity contribution in [1.29, 1.82) is 0 Å². The molecule has 9 heteroatoms. The molecule has 0 aromatic heterocycles. The summed E-state index contributed by atoms with van der Waals surface area (Å²) in [7, 11) is 1.65. The third-order valence-corrected chi connectivity index (χ3v) is 8.80. The summed E-state index contributed by atoms with van der Waals surface area (Å²) in [6.07, 6.45) is 10.4. The van der Waals surface area contributed by atoms with E-state index in [-0.39, 0.29) is 11.9 Å². The van der Waals surface area contributed by atoms with Gasteiger partial charge in [0.2, 0.25) is 5.91 Å². The van der Waals surface area contributed by atoms with Gasteiger partial charge in [0.15, 0.2) is 0 Å². The molecule has 0 radical (unpaired) electrons. The van der Waals surface area contributed by atoms with Crippen molar-refractivity contribution in [3.8, 4) is 0 Å². The predicted octanol–water partition coefficient (Wildman–Crippen LogP) is 6.94. The Bertz CT molecular complexity index is 1070. The highest BCUT2D eigenvalue weighted by Gasteiger charge is 2.33. The van der Waals surface area contributed by atoms with Crippen LogP contribution in [0.1, 0.15) is 62.5 Å². The van der Waals surface area contributed by atoms with Crippen LogP contribution in [0.15, 0.2) is 44.9 Å². The smallest absolute Gasteiger partial charge is 0.314 e. The van der Waals surface area contributed by atoms with Crippen LogP contribution in [-0.4, -0.2) is 61.2 Å². The number of hydrogen-bond acceptors (Lipinski definition) is 3. The van der Waals surface area contributed by atoms with Crippen molar-refractivity contribution in [3.05, 3.63) is 56.0 Å². The Balaban J connectivity index is 0.000000599. The molecule has 1 aliphatic carbocycles. The number of nitrogens with zero attached hydrogens (tertiary/aromatic N) is 3. The molecule has 1 aromatic carbocycles. The van der Waals surface area contributed by atoms with E-state index < -0.39 is 0 Å². The lowest BCUT2D eigenvalue weighted by Gasteiger charge is -2.37. The van der Waals surface area contributed by atoms with Crippen molar-refractivity contribution < 1.29 is 9.59 Å². The molecule has 2 aliphatic heterocycles. The van der Waals surface area contributed by atoms with Crippen LogP contribution in [0.25, 0.3) is 0 Å². The normalized spacial score (nSPS) is 20.8. The first-order chi connectivity index (χ1) is 18.1. The molecule has 0 saturated carbocycles. The maximum absolute atomic E-state index is 12.9. The highest BCUT2D eigenvalue weighted by Crippen LogP contribution is 2.43. The van der Waals surface area contributed by atoms with Gasteiger partial charge < -0.3 is 15.5 Å². The first-order valence-corrected chi connectivity index (χ1v) is 14.9. The lowest BCUT2D eigenvalue weighted by molar-refractivity contribution is -0.134. The molecule has 3 amide bonds. The number of halogens is 3. The maximum atomic E-state index is 12.9. The average molecular weight is 626 g/mol. The van der Waals surface area contributed by atoms with E-state index in [1.165, 1.54) is 22.9 Å². The van der Waals surface area contributed by atoms with E-state index in [9.17, 15) is 9.59 Å². The zero-order chi connectivity index (χ0) is 27.8. The second-order valence-electron chi connectivity index (χ2n) is 10.5. The number of primary amides is 1. The van der Waals surface area contributed by atoms with Gasteiger partial charge in [-0.15, -0.1) is 0 Å². The Labute approximate surface area is 245 Å². The van der Waals surface area contributed by atoms with Gasteiger partial charge in [0.1, 0.15) is 0 Å². The largest absolute Gasteiger partial charge is 0.351 e. The molecule has 1 aromatic rings. The molecule has 38 heavy (non-hydrogen) atoms. The minimum Gasteiger partial charge on any atom is -0.351 e. The third-order valence-electron chi connectivity index (χ3n) is 7.82. The Morgan fingerprint density at radius 2 is 1.76 bits per heavy atom. The zero-order valence-electron chi connectivity index (χ0n) is 22.4. The summed E-state index contributed by atoms with van der Waals surface area (Å²) in [5.74, 6) is 1.52. The van der Waals surface area contributed by atoms with Crippen LogP contribution in [0.3, 0.4) is 0 Å². The van der Waals surface area contributed by atoms with Gasteiger partial charge in [0.05, 0.1) is 5.03 Å². The summed E-state index contributed by atoms with van der Waals surface area (Å²) in [5.41, 5.74) is 9.54. The number of nitrogens with two attached hydrogens (primary N) is 1. The average Bonchev–Trinajstić information content (AvgIpc) is 3.03. The lowest BCUT2D eigenvalue weighted by atomic mass is 9.78. The van der Waals surface area contributed by atoms with Crippen LogP contribution >= 0.6 is 39.1 Å². The molecule has 4 rings (SSSR count). The number of hydrogen-bond donors (Lipinski definition) is 1. The fourth-order valence-corrected chi connectivity index (χ4v) is 7.01. The Kier molecular flexibility index (Phi) is 11.7. The number of urea groups is 1. The molecular weight excluding hydrogens is 587 g/mol. The molecule has 1 atom stereocenters. The summed E-state index contributed by atoms with van der Waals surface area (Å²) in [4.78, 5) is 31.6. The summed E-state index contributed by atoms with van der Waals surface area (Å²) < 4.78 is 1.11. The monoisotopic (exact) mass is 624 g/mol. The Morgan fingerprint density at radius 1 is 1.13 bits per heavy atom. The Morgan fingerprint density at radius 3 is 2.32 bits per heavy atom. The molecule has 3 aliphatic rings. The van der Waals surface area contributed by atoms with Gasteiger partial charge in [-0.05, 0) is 80.5 Å². The number of amides is 3. The van der Waals surface area contributed by atoms with Gasteiger partial charge in [0.25, 0.3) is 0 Å². The van der Waals surface area contributed by atoms with E-state index >= 15 is 0 Å². The van der Waals surface area contributed by atoms with E-state index in [1.807, 2.05) is 6.07 Å². The van der Waals surface area contributed by atoms with E-state index in [4.69, 9.17) is 28.9 Å². The van der Waals surface area contributed by atoms with Crippen LogP contribution in [-0.2, 0) is 11.2 Å². The molecule has 6 nitrogen and oxygen atoms in total. The summed E-state index contributed by atoms with van der Waals surface area (Å²) in [6.45, 7) is 8.58. The molecular formula is C29H39BrCl2N4O2. The highest BCUT2D eigenvalue weighted by atomic mass is 79.9. The standard InChI is InChI=1S/C25H33BrClN3O2.C4H6ClN/c1-16-2-3-19-14-20(27)15-22(26)24(19)21(12-16)18-6-10-29(11-7-18)23(31)13-17-4-8-30(9-5-17)25(28)32;1-4(5)3-6-2/h12,14-15,17-18,21H,2-11,13H2,1H3,(H2,28,32);3H,1H2,2H3. The van der Waals surface area contributed by atoms with Crippen molar-refractivity contribution in [3.63, 3.8) is 0 Å². The van der Waals surface area contributed by atoms with Gasteiger partial charge >= 0.3 is 6.03 Å². The third kappa shape index (κ3) is 8.59. The van der Waals surface area contributed by atoms with E-state index in [0.717, 1.165) is 61.1 Å². The maximum Gasteiger partial charge on any atom is 0.314 e. The second kappa shape index (κ2) is 14.5. The van der Waals surface area contributed by atoms with Gasteiger partial charge in [-0.1, -0.05) is 57.4 Å². The minimum atomic E-state index is -0.352. The van der Waals surface area contributed by atoms with Crippen molar-refractivity contribution in [2.24, 2.45) is 22.6 Å². The lowest BCUT2D eigenvalue weighted by Crippen LogP contribution is -2.44. The number of likely N-dealkylation sites (tertiary alicyclic amines) is 2. The SMILES string of the molecule is C=C(Cl)C=NC.CC1=CC(C2CCN(C(=O)CC3CCN(C(N)=O)CC3)CC2)c2c(Br)cc(Cl)cc2CC1. The number of benzene rings is 1. The van der Waals surface area contributed by atoms with Crippen LogP contribution in [0.2, 0.25) is 5.02 Å². The van der Waals surface area contributed by atoms with Crippen LogP contribution in [0, 0.1) is 11.8 Å². The summed E-state index contributed by atoms with van der Waals surface area (Å²) >= 11 is 15.4. The molecule has 0 bridgehead atoms. The van der Waals surface area contributed by atoms with E-state index in [0.29, 0.717) is 42.3 Å². The number of carbonyl (C=O) groups excluding carboxylic acids is 2. The van der Waals surface area contributed by atoms with Crippen molar-refractivity contribution in [2.75, 3.05) is 33.2 Å². The number of aliphatic imine (C=N–C) groups is 1. The number of aryl methyl sites for hydroxylation is 1. The van der Waals surface area contributed by atoms with Gasteiger partial charge in [-0.3, -0.25) is 9.79 Å².